The fourth-order valence-corrected chi connectivity index (χ4v) is 2.12. The SMILES string of the molecule is Brc1ccc(OCCOCC2CCNC2)cc1. The van der Waals surface area contributed by atoms with Gasteiger partial charge >= 0.3 is 0 Å². The third kappa shape index (κ3) is 4.66. The number of rotatable bonds is 6. The Balaban J connectivity index is 1.55. The Kier molecular flexibility index (Phi) is 5.29. The van der Waals surface area contributed by atoms with Crippen LogP contribution in [-0.2, 0) is 4.74 Å². The number of ether oxygens (including phenoxy) is 2. The minimum Gasteiger partial charge on any atom is -0.491 e. The first-order valence-corrected chi connectivity index (χ1v) is 6.81. The highest BCUT2D eigenvalue weighted by Gasteiger charge is 2.13. The number of halogens is 1. The van der Waals surface area contributed by atoms with Gasteiger partial charge in [0.05, 0.1) is 13.2 Å². The number of hydrogen-bond acceptors (Lipinski definition) is 3. The van der Waals surface area contributed by atoms with Gasteiger partial charge in [-0.05, 0) is 43.1 Å². The van der Waals surface area contributed by atoms with Crippen molar-refractivity contribution in [3.05, 3.63) is 28.7 Å². The Morgan fingerprint density at radius 2 is 2.06 bits per heavy atom. The van der Waals surface area contributed by atoms with Gasteiger partial charge < -0.3 is 14.8 Å². The fourth-order valence-electron chi connectivity index (χ4n) is 1.86. The van der Waals surface area contributed by atoms with Gasteiger partial charge in [-0.2, -0.15) is 0 Å². The lowest BCUT2D eigenvalue weighted by atomic mass is 10.1. The van der Waals surface area contributed by atoms with Crippen LogP contribution in [0.5, 0.6) is 5.75 Å². The number of nitrogens with one attached hydrogen (secondary N) is 1. The second-order valence-corrected chi connectivity index (χ2v) is 5.15. The van der Waals surface area contributed by atoms with Crippen molar-refractivity contribution < 1.29 is 9.47 Å². The third-order valence-electron chi connectivity index (χ3n) is 2.83. The summed E-state index contributed by atoms with van der Waals surface area (Å²) in [5.74, 6) is 1.57. The average molecular weight is 300 g/mol. The first-order valence-electron chi connectivity index (χ1n) is 6.01. The molecule has 0 radical (unpaired) electrons. The summed E-state index contributed by atoms with van der Waals surface area (Å²) in [7, 11) is 0. The smallest absolute Gasteiger partial charge is 0.119 e. The number of hydrogen-bond donors (Lipinski definition) is 1. The molecule has 0 amide bonds. The van der Waals surface area contributed by atoms with Crippen molar-refractivity contribution in [2.75, 3.05) is 32.9 Å². The third-order valence-corrected chi connectivity index (χ3v) is 3.35. The van der Waals surface area contributed by atoms with Crippen molar-refractivity contribution in [3.63, 3.8) is 0 Å². The first-order chi connectivity index (χ1) is 8.34. The summed E-state index contributed by atoms with van der Waals surface area (Å²) < 4.78 is 12.2. The molecule has 17 heavy (non-hydrogen) atoms. The summed E-state index contributed by atoms with van der Waals surface area (Å²) in [6, 6.07) is 7.84. The summed E-state index contributed by atoms with van der Waals surface area (Å²) in [5, 5.41) is 3.33. The number of benzene rings is 1. The highest BCUT2D eigenvalue weighted by Crippen LogP contribution is 2.15. The summed E-state index contributed by atoms with van der Waals surface area (Å²) in [4.78, 5) is 0. The van der Waals surface area contributed by atoms with Crippen molar-refractivity contribution in [3.8, 4) is 5.75 Å². The monoisotopic (exact) mass is 299 g/mol. The zero-order valence-corrected chi connectivity index (χ0v) is 11.4. The van der Waals surface area contributed by atoms with Crippen LogP contribution >= 0.6 is 15.9 Å². The molecule has 4 heteroatoms. The zero-order chi connectivity index (χ0) is 11.9. The van der Waals surface area contributed by atoms with E-state index >= 15 is 0 Å². The standard InChI is InChI=1S/C13H18BrNO2/c14-12-1-3-13(4-2-12)17-8-7-16-10-11-5-6-15-9-11/h1-4,11,15H,5-10H2. The van der Waals surface area contributed by atoms with Crippen molar-refractivity contribution in [1.29, 1.82) is 0 Å². The molecule has 3 nitrogen and oxygen atoms in total. The van der Waals surface area contributed by atoms with E-state index in [1.54, 1.807) is 0 Å². The quantitative estimate of drug-likeness (QED) is 0.819. The maximum absolute atomic E-state index is 5.59. The Morgan fingerprint density at radius 3 is 2.76 bits per heavy atom. The van der Waals surface area contributed by atoms with Crippen molar-refractivity contribution >= 4 is 15.9 Å². The molecule has 1 aromatic rings. The van der Waals surface area contributed by atoms with E-state index in [-0.39, 0.29) is 0 Å². The van der Waals surface area contributed by atoms with Crippen molar-refractivity contribution in [2.45, 2.75) is 6.42 Å². The van der Waals surface area contributed by atoms with E-state index in [1.807, 2.05) is 24.3 Å². The summed E-state index contributed by atoms with van der Waals surface area (Å²) >= 11 is 3.39. The largest absolute Gasteiger partial charge is 0.491 e. The molecule has 1 saturated heterocycles. The highest BCUT2D eigenvalue weighted by atomic mass is 79.9. The van der Waals surface area contributed by atoms with E-state index in [1.165, 1.54) is 6.42 Å². The van der Waals surface area contributed by atoms with Crippen LogP contribution in [0.15, 0.2) is 28.7 Å². The topological polar surface area (TPSA) is 30.5 Å². The van der Waals surface area contributed by atoms with Gasteiger partial charge in [-0.3, -0.25) is 0 Å². The van der Waals surface area contributed by atoms with Crippen LogP contribution in [0.1, 0.15) is 6.42 Å². The molecule has 0 bridgehead atoms. The van der Waals surface area contributed by atoms with E-state index in [4.69, 9.17) is 9.47 Å². The van der Waals surface area contributed by atoms with E-state index < -0.39 is 0 Å². The average Bonchev–Trinajstić information content (AvgIpc) is 2.84. The van der Waals surface area contributed by atoms with Gasteiger partial charge in [-0.15, -0.1) is 0 Å². The molecule has 1 unspecified atom stereocenters. The van der Waals surface area contributed by atoms with Gasteiger partial charge in [0.15, 0.2) is 0 Å². The van der Waals surface area contributed by atoms with Crippen LogP contribution in [0.25, 0.3) is 0 Å². The van der Waals surface area contributed by atoms with Crippen LogP contribution in [0, 0.1) is 5.92 Å². The van der Waals surface area contributed by atoms with Crippen LogP contribution in [0.3, 0.4) is 0 Å². The molecular formula is C13H18BrNO2. The molecule has 2 rings (SSSR count). The first kappa shape index (κ1) is 12.9. The van der Waals surface area contributed by atoms with Gasteiger partial charge in [0.2, 0.25) is 0 Å². The molecule has 0 spiro atoms. The summed E-state index contributed by atoms with van der Waals surface area (Å²) in [5.41, 5.74) is 0. The fraction of sp³-hybridized carbons (Fsp3) is 0.538. The van der Waals surface area contributed by atoms with Crippen molar-refractivity contribution in [1.82, 2.24) is 5.32 Å². The lowest BCUT2D eigenvalue weighted by Crippen LogP contribution is -2.16. The molecule has 94 valence electrons. The van der Waals surface area contributed by atoms with Gasteiger partial charge in [0.25, 0.3) is 0 Å². The molecule has 1 aromatic carbocycles. The molecular weight excluding hydrogens is 282 g/mol. The summed E-state index contributed by atoms with van der Waals surface area (Å²) in [6.45, 7) is 4.34. The predicted octanol–water partition coefficient (Wildman–Crippen LogP) is 2.45. The lowest BCUT2D eigenvalue weighted by molar-refractivity contribution is 0.0783. The Hall–Kier alpha value is -0.580. The maximum atomic E-state index is 5.59. The van der Waals surface area contributed by atoms with E-state index in [0.29, 0.717) is 19.1 Å². The minimum atomic E-state index is 0.613. The Labute approximate surface area is 111 Å². The van der Waals surface area contributed by atoms with Crippen LogP contribution in [-0.4, -0.2) is 32.9 Å². The second-order valence-electron chi connectivity index (χ2n) is 4.24. The highest BCUT2D eigenvalue weighted by molar-refractivity contribution is 9.10. The lowest BCUT2D eigenvalue weighted by Gasteiger charge is -2.10. The molecule has 1 N–H and O–H groups in total. The second kappa shape index (κ2) is 6.99. The van der Waals surface area contributed by atoms with Crippen LogP contribution in [0.2, 0.25) is 0 Å². The van der Waals surface area contributed by atoms with Gasteiger partial charge in [-0.1, -0.05) is 15.9 Å². The Bertz CT molecular complexity index is 323. The minimum absolute atomic E-state index is 0.613. The molecule has 1 aliphatic rings. The van der Waals surface area contributed by atoms with E-state index in [2.05, 4.69) is 21.2 Å². The van der Waals surface area contributed by atoms with Gasteiger partial charge in [0, 0.05) is 11.0 Å². The molecule has 0 aromatic heterocycles. The van der Waals surface area contributed by atoms with Gasteiger partial charge in [0.1, 0.15) is 12.4 Å². The maximum Gasteiger partial charge on any atom is 0.119 e. The van der Waals surface area contributed by atoms with Crippen LogP contribution < -0.4 is 10.1 Å². The zero-order valence-electron chi connectivity index (χ0n) is 9.82. The normalized spacial score (nSPS) is 19.5. The molecule has 1 aliphatic heterocycles. The van der Waals surface area contributed by atoms with E-state index in [9.17, 15) is 0 Å². The molecule has 0 aliphatic carbocycles. The molecule has 0 saturated carbocycles. The molecule has 1 fully saturated rings. The molecule has 1 atom stereocenters. The van der Waals surface area contributed by atoms with E-state index in [0.717, 1.165) is 29.9 Å². The predicted molar refractivity (Wildman–Crippen MR) is 71.4 cm³/mol. The van der Waals surface area contributed by atoms with Crippen LogP contribution in [0.4, 0.5) is 0 Å². The summed E-state index contributed by atoms with van der Waals surface area (Å²) in [6.07, 6.45) is 1.23. The van der Waals surface area contributed by atoms with Gasteiger partial charge in [-0.25, -0.2) is 0 Å². The Morgan fingerprint density at radius 1 is 1.24 bits per heavy atom. The van der Waals surface area contributed by atoms with Crippen molar-refractivity contribution in [2.24, 2.45) is 5.92 Å². The molecule has 1 heterocycles.